The van der Waals surface area contributed by atoms with E-state index in [-0.39, 0.29) is 169 Å². The molecular weight excluding hydrogens is 1050 g/mol. The Morgan fingerprint density at radius 3 is 0.951 bits per heavy atom. The van der Waals surface area contributed by atoms with Crippen molar-refractivity contribution in [2.24, 2.45) is 5.73 Å². The smallest absolute Gasteiger partial charge is 0.255 e. The van der Waals surface area contributed by atoms with Gasteiger partial charge in [-0.1, -0.05) is 48.6 Å². The van der Waals surface area contributed by atoms with Crippen molar-refractivity contribution in [3.8, 4) is 23.0 Å². The van der Waals surface area contributed by atoms with Gasteiger partial charge in [0, 0.05) is 142 Å². The van der Waals surface area contributed by atoms with Crippen LogP contribution < -0.4 is 53.4 Å². The Hall–Kier alpha value is -8.36. The SMILES string of the molecule is NCCCCC1CN2CCNC(=O)c3cccc(c3[O-])C(=O)NCCN(CCNC(=O)c3cccc(c3O)C(=O)N1)CCN1CCNC(=O)c3cccc(c3O)C(=O)NCCN(CCNC(=O)c3cccc(c3O)C(=O)NCC1)CC2. The van der Waals surface area contributed by atoms with Crippen LogP contribution >= 0.6 is 0 Å². The second kappa shape index (κ2) is 29.7. The molecule has 3 atom stereocenters. The average molecular weight is 1120 g/mol. The van der Waals surface area contributed by atoms with Gasteiger partial charge in [-0.05, 0) is 55.8 Å². The third-order valence-electron chi connectivity index (χ3n) is 14.4. The Morgan fingerprint density at radius 2 is 0.642 bits per heavy atom. The molecule has 0 aromatic heterocycles. The summed E-state index contributed by atoms with van der Waals surface area (Å²) in [6, 6.07) is 16.3. The van der Waals surface area contributed by atoms with E-state index in [0.29, 0.717) is 25.8 Å². The van der Waals surface area contributed by atoms with Gasteiger partial charge in [-0.15, -0.1) is 0 Å². The van der Waals surface area contributed by atoms with Crippen LogP contribution in [0.2, 0.25) is 0 Å². The molecule has 4 aliphatic heterocycles. The molecule has 8 rings (SSSR count). The number of para-hydroxylation sites is 4. The minimum atomic E-state index is -0.776. The van der Waals surface area contributed by atoms with Crippen molar-refractivity contribution >= 4 is 47.3 Å². The third kappa shape index (κ3) is 16.6. The van der Waals surface area contributed by atoms with E-state index in [9.17, 15) is 58.8 Å². The van der Waals surface area contributed by atoms with E-state index in [1.54, 1.807) is 0 Å². The number of carbonyl (C=O) groups is 8. The standard InChI is InChI=1S/C56H73N13O12/c57-16-2-1-7-36-35-69-30-23-64-54(79)42-13-5-12-41(47(42)72)51(76)60-19-26-67(27-20-63-55(80)43-14-6-15-44(48(43)73)56(81)65-36)32-31-66-24-17-58-49(74)37-8-3-10-39(45(37)70)52(77)61-21-28-68(33-34-69)29-22-62-53(78)40-11-4-9-38(46(40)71)50(75)59-18-25-66/h3-6,8-15,36,70-73H,1-2,7,16-35,57H2,(H,58,74)(H,59,75)(H,60,76)(H,61,77)(H,62,78)(H,63,80)(H,64,79)(H,65,81)/p-1. The number of carbonyl (C=O) groups excluding carboxylic acids is 8. The van der Waals surface area contributed by atoms with Crippen molar-refractivity contribution in [3.05, 3.63) is 117 Å². The van der Waals surface area contributed by atoms with Gasteiger partial charge in [0.2, 0.25) is 0 Å². The van der Waals surface area contributed by atoms with Crippen LogP contribution in [0.3, 0.4) is 0 Å². The summed E-state index contributed by atoms with van der Waals surface area (Å²) in [6.07, 6.45) is 1.62. The molecule has 3 unspecified atom stereocenters. The highest BCUT2D eigenvalue weighted by molar-refractivity contribution is 6.06. The Labute approximate surface area is 469 Å². The quantitative estimate of drug-likeness (QED) is 0.104. The second-order valence-electron chi connectivity index (χ2n) is 19.9. The molecule has 0 fully saturated rings. The molecule has 0 saturated carbocycles. The molecule has 25 nitrogen and oxygen atoms in total. The number of hydrogen-bond acceptors (Lipinski definition) is 17. The monoisotopic (exact) mass is 1120 g/mol. The molecule has 0 spiro atoms. The summed E-state index contributed by atoms with van der Waals surface area (Å²) in [6.45, 7) is 2.68. The zero-order chi connectivity index (χ0) is 57.8. The molecule has 13 N–H and O–H groups in total. The number of benzene rings is 4. The van der Waals surface area contributed by atoms with Crippen LogP contribution in [0, 0.1) is 0 Å². The molecule has 0 radical (unpaired) electrons. The zero-order valence-corrected chi connectivity index (χ0v) is 45.2. The van der Waals surface area contributed by atoms with Crippen LogP contribution in [-0.2, 0) is 0 Å². The van der Waals surface area contributed by atoms with Crippen molar-refractivity contribution in [1.82, 2.24) is 62.1 Å². The number of aromatic hydroxyl groups is 3. The number of phenols is 3. The number of nitrogens with two attached hydrogens (primary N) is 1. The Balaban J connectivity index is 1.32. The molecule has 25 heteroatoms. The molecule has 4 aromatic rings. The molecule has 434 valence electrons. The van der Waals surface area contributed by atoms with Gasteiger partial charge in [0.25, 0.3) is 47.3 Å². The summed E-state index contributed by atoms with van der Waals surface area (Å²) in [4.78, 5) is 118. The highest BCUT2D eigenvalue weighted by atomic mass is 16.3. The highest BCUT2D eigenvalue weighted by Crippen LogP contribution is 2.26. The summed E-state index contributed by atoms with van der Waals surface area (Å²) < 4.78 is 0. The van der Waals surface area contributed by atoms with Crippen molar-refractivity contribution < 1.29 is 58.8 Å². The van der Waals surface area contributed by atoms with Gasteiger partial charge >= 0.3 is 0 Å². The average Bonchev–Trinajstić information content (AvgIpc) is 3.45. The number of nitrogens with one attached hydrogen (secondary N) is 8. The highest BCUT2D eigenvalue weighted by Gasteiger charge is 2.26. The van der Waals surface area contributed by atoms with Crippen molar-refractivity contribution in [2.75, 3.05) is 131 Å². The number of amides is 8. The van der Waals surface area contributed by atoms with Crippen LogP contribution in [0.5, 0.6) is 23.0 Å². The number of rotatable bonds is 4. The maximum atomic E-state index is 14.2. The van der Waals surface area contributed by atoms with Gasteiger partial charge in [0.05, 0.1) is 33.4 Å². The molecule has 81 heavy (non-hydrogen) atoms. The van der Waals surface area contributed by atoms with Gasteiger partial charge < -0.3 is 68.7 Å². The van der Waals surface area contributed by atoms with E-state index in [1.165, 1.54) is 72.8 Å². The van der Waals surface area contributed by atoms with E-state index >= 15 is 0 Å². The Morgan fingerprint density at radius 1 is 0.383 bits per heavy atom. The van der Waals surface area contributed by atoms with Crippen molar-refractivity contribution in [2.45, 2.75) is 25.3 Å². The molecule has 4 heterocycles. The van der Waals surface area contributed by atoms with Crippen LogP contribution in [0.25, 0.3) is 0 Å². The third-order valence-corrected chi connectivity index (χ3v) is 14.4. The van der Waals surface area contributed by atoms with E-state index in [4.69, 9.17) is 5.73 Å². The first-order valence-corrected chi connectivity index (χ1v) is 27.3. The van der Waals surface area contributed by atoms with E-state index < -0.39 is 76.3 Å². The number of nitrogens with zero attached hydrogens (tertiary/aromatic N) is 4. The van der Waals surface area contributed by atoms with Crippen molar-refractivity contribution in [1.29, 1.82) is 0 Å². The Bertz CT molecular complexity index is 2830. The van der Waals surface area contributed by atoms with Gasteiger partial charge in [-0.3, -0.25) is 58.0 Å². The fourth-order valence-corrected chi connectivity index (χ4v) is 9.77. The number of fused-ring (bicyclic) bond motifs is 16. The van der Waals surface area contributed by atoms with Crippen LogP contribution in [0.15, 0.2) is 72.8 Å². The number of unbranched alkanes of at least 4 members (excludes halogenated alkanes) is 1. The van der Waals surface area contributed by atoms with Gasteiger partial charge in [-0.25, -0.2) is 0 Å². The summed E-state index contributed by atoms with van der Waals surface area (Å²) in [7, 11) is 0. The summed E-state index contributed by atoms with van der Waals surface area (Å²) >= 11 is 0. The minimum absolute atomic E-state index is 0.00561. The lowest BCUT2D eigenvalue weighted by Gasteiger charge is -2.31. The largest absolute Gasteiger partial charge is 0.871 e. The normalized spacial score (nSPS) is 22.2. The lowest BCUT2D eigenvalue weighted by atomic mass is 10.0. The maximum Gasteiger partial charge on any atom is 0.255 e. The van der Waals surface area contributed by atoms with Gasteiger partial charge in [0.15, 0.2) is 0 Å². The molecule has 4 aliphatic rings. The fourth-order valence-electron chi connectivity index (χ4n) is 9.77. The first kappa shape index (κ1) is 60.3. The van der Waals surface area contributed by atoms with E-state index in [0.717, 1.165) is 0 Å². The van der Waals surface area contributed by atoms with Crippen LogP contribution in [-0.4, -0.2) is 219 Å². The van der Waals surface area contributed by atoms with Crippen LogP contribution in [0.4, 0.5) is 0 Å². The lowest BCUT2D eigenvalue weighted by Crippen LogP contribution is -2.49. The topological polar surface area (TPSA) is 356 Å². The predicted octanol–water partition coefficient (Wildman–Crippen LogP) is -1.44. The summed E-state index contributed by atoms with van der Waals surface area (Å²) in [5.74, 6) is -7.75. The maximum absolute atomic E-state index is 14.2. The fraction of sp³-hybridized carbons (Fsp3) is 0.429. The van der Waals surface area contributed by atoms with E-state index in [2.05, 4.69) is 42.5 Å². The minimum Gasteiger partial charge on any atom is -0.871 e. The molecule has 0 saturated heterocycles. The van der Waals surface area contributed by atoms with Crippen LogP contribution in [0.1, 0.15) is 102 Å². The number of hydrogen-bond donors (Lipinski definition) is 12. The number of phenolic OH excluding ortho intramolecular Hbond substituents is 3. The van der Waals surface area contributed by atoms with E-state index in [1.807, 2.05) is 19.6 Å². The lowest BCUT2D eigenvalue weighted by molar-refractivity contribution is -0.269. The molecule has 8 amide bonds. The van der Waals surface area contributed by atoms with Gasteiger partial charge in [-0.2, -0.15) is 0 Å². The molecule has 12 bridgehead atoms. The molecule has 0 aliphatic carbocycles. The second-order valence-corrected chi connectivity index (χ2v) is 19.9. The molecule has 4 aromatic carbocycles. The summed E-state index contributed by atoms with van der Waals surface area (Å²) in [5.41, 5.74) is 4.53. The molecular formula is C56H72N13O12-. The first-order valence-electron chi connectivity index (χ1n) is 27.3. The Kier molecular flexibility index (Phi) is 22.1. The van der Waals surface area contributed by atoms with Crippen molar-refractivity contribution in [3.63, 3.8) is 0 Å². The van der Waals surface area contributed by atoms with Gasteiger partial charge in [0.1, 0.15) is 17.2 Å². The predicted molar refractivity (Wildman–Crippen MR) is 296 cm³/mol. The first-order chi connectivity index (χ1) is 39.1. The zero-order valence-electron chi connectivity index (χ0n) is 45.2. The summed E-state index contributed by atoms with van der Waals surface area (Å²) in [5, 5.41) is 70.7.